The highest BCUT2D eigenvalue weighted by molar-refractivity contribution is 7.80. The smallest absolute Gasteiger partial charge is 0.394 e. The first-order valence-corrected chi connectivity index (χ1v) is 18.8. The Kier molecular flexibility index (Phi) is 10.9. The molecule has 1 aliphatic heterocycles. The quantitative estimate of drug-likeness (QED) is 0.151. The molecule has 13 nitrogen and oxygen atoms in total. The third kappa shape index (κ3) is 6.81. The first-order valence-electron chi connectivity index (χ1n) is 17.5. The molecule has 0 bridgehead atoms. The number of hydrogen-bond donors (Lipinski definition) is 8. The Morgan fingerprint density at radius 2 is 1.57 bits per heavy atom. The van der Waals surface area contributed by atoms with Crippen LogP contribution in [-0.4, -0.2) is 116 Å². The van der Waals surface area contributed by atoms with Gasteiger partial charge in [0.15, 0.2) is 6.29 Å². The molecular weight excluding hydrogens is 636 g/mol. The number of fused-ring (bicyclic) bond motifs is 5. The van der Waals surface area contributed by atoms with E-state index in [0.29, 0.717) is 44.9 Å². The lowest BCUT2D eigenvalue weighted by molar-refractivity contribution is -0.314. The van der Waals surface area contributed by atoms with Crippen LogP contribution in [0, 0.1) is 46.3 Å². The van der Waals surface area contributed by atoms with E-state index in [9.17, 15) is 48.7 Å². The molecule has 274 valence electrons. The van der Waals surface area contributed by atoms with E-state index in [1.165, 1.54) is 0 Å². The molecule has 4 aliphatic carbocycles. The molecule has 0 amide bonds. The van der Waals surface area contributed by atoms with Crippen LogP contribution in [0.25, 0.3) is 0 Å². The van der Waals surface area contributed by atoms with Crippen molar-refractivity contribution in [3.05, 3.63) is 0 Å². The summed E-state index contributed by atoms with van der Waals surface area (Å²) in [6.07, 6.45) is -5.19. The molecule has 17 atom stereocenters. The van der Waals surface area contributed by atoms with Gasteiger partial charge in [0.1, 0.15) is 24.4 Å². The van der Waals surface area contributed by atoms with E-state index in [-0.39, 0.29) is 42.1 Å². The van der Waals surface area contributed by atoms with Crippen LogP contribution < -0.4 is 0 Å². The van der Waals surface area contributed by atoms with E-state index in [2.05, 4.69) is 13.8 Å². The Labute approximate surface area is 278 Å². The van der Waals surface area contributed by atoms with Gasteiger partial charge in [0, 0.05) is 12.3 Å². The van der Waals surface area contributed by atoms with Gasteiger partial charge in [-0.05, 0) is 91.8 Å². The maximum Gasteiger partial charge on any atom is 0.397 e. The molecular formula is C33H58O13S. The molecule has 47 heavy (non-hydrogen) atoms. The molecule has 1 heterocycles. The average Bonchev–Trinajstić information content (AvgIpc) is 3.25. The van der Waals surface area contributed by atoms with E-state index in [1.807, 2.05) is 20.8 Å². The minimum absolute atomic E-state index is 0.00731. The lowest BCUT2D eigenvalue weighted by Gasteiger charge is -2.66. The SMILES string of the molecule is CC(C)C(CCC(C)C1CC(O)C2C1(C)CCC1C3(C)CCC(O)CC3C(OS(=O)(=O)O)CC12O)OC1OC(CO)C(O)C(O)C1O. The van der Waals surface area contributed by atoms with E-state index in [1.54, 1.807) is 0 Å². The molecule has 0 aromatic heterocycles. The van der Waals surface area contributed by atoms with E-state index in [0.717, 1.165) is 6.42 Å². The molecule has 5 aliphatic rings. The highest BCUT2D eigenvalue weighted by Gasteiger charge is 2.71. The molecule has 5 fully saturated rings. The average molecular weight is 695 g/mol. The summed E-state index contributed by atoms with van der Waals surface area (Å²) in [5.74, 6) is -1.06. The lowest BCUT2D eigenvalue weighted by atomic mass is 9.42. The summed E-state index contributed by atoms with van der Waals surface area (Å²) in [5, 5.41) is 75.4. The summed E-state index contributed by atoms with van der Waals surface area (Å²) in [4.78, 5) is 0. The van der Waals surface area contributed by atoms with Crippen LogP contribution >= 0.6 is 0 Å². The number of rotatable bonds is 10. The minimum atomic E-state index is -4.84. The summed E-state index contributed by atoms with van der Waals surface area (Å²) in [6.45, 7) is 9.67. The number of aliphatic hydroxyl groups excluding tert-OH is 6. The summed E-state index contributed by atoms with van der Waals surface area (Å²) >= 11 is 0. The van der Waals surface area contributed by atoms with Crippen molar-refractivity contribution in [2.75, 3.05) is 6.61 Å². The van der Waals surface area contributed by atoms with Crippen LogP contribution in [0.1, 0.15) is 92.4 Å². The maximum atomic E-state index is 12.7. The highest BCUT2D eigenvalue weighted by Crippen LogP contribution is 2.70. The molecule has 17 unspecified atom stereocenters. The third-order valence-corrected chi connectivity index (χ3v) is 13.9. The molecule has 0 spiro atoms. The van der Waals surface area contributed by atoms with Gasteiger partial charge >= 0.3 is 10.4 Å². The van der Waals surface area contributed by atoms with Crippen LogP contribution in [0.15, 0.2) is 0 Å². The molecule has 5 rings (SSSR count). The van der Waals surface area contributed by atoms with Gasteiger partial charge in [-0.3, -0.25) is 4.55 Å². The Morgan fingerprint density at radius 3 is 2.19 bits per heavy atom. The van der Waals surface area contributed by atoms with E-state index >= 15 is 0 Å². The molecule has 8 N–H and O–H groups in total. The number of ether oxygens (including phenoxy) is 2. The fourth-order valence-corrected chi connectivity index (χ4v) is 11.7. The van der Waals surface area contributed by atoms with Crippen LogP contribution in [0.5, 0.6) is 0 Å². The lowest BCUT2D eigenvalue weighted by Crippen LogP contribution is -2.69. The fourth-order valence-electron chi connectivity index (χ4n) is 11.2. The zero-order valence-electron chi connectivity index (χ0n) is 28.3. The van der Waals surface area contributed by atoms with Crippen LogP contribution in [0.2, 0.25) is 0 Å². The van der Waals surface area contributed by atoms with Gasteiger partial charge in [-0.2, -0.15) is 8.42 Å². The third-order valence-electron chi connectivity index (χ3n) is 13.5. The summed E-state index contributed by atoms with van der Waals surface area (Å²) in [7, 11) is -4.84. The molecule has 0 aromatic carbocycles. The molecule has 0 radical (unpaired) electrons. The van der Waals surface area contributed by atoms with Crippen molar-refractivity contribution >= 4 is 10.4 Å². The van der Waals surface area contributed by atoms with Gasteiger partial charge in [-0.15, -0.1) is 0 Å². The summed E-state index contributed by atoms with van der Waals surface area (Å²) in [5.41, 5.74) is -2.48. The van der Waals surface area contributed by atoms with Crippen LogP contribution in [0.4, 0.5) is 0 Å². The van der Waals surface area contributed by atoms with Crippen molar-refractivity contribution in [1.82, 2.24) is 0 Å². The van der Waals surface area contributed by atoms with Crippen molar-refractivity contribution in [3.63, 3.8) is 0 Å². The molecule has 4 saturated carbocycles. The molecule has 14 heteroatoms. The zero-order valence-corrected chi connectivity index (χ0v) is 29.1. The predicted octanol–water partition coefficient (Wildman–Crippen LogP) is 1.15. The Balaban J connectivity index is 1.34. The Bertz CT molecular complexity index is 1200. The van der Waals surface area contributed by atoms with Crippen molar-refractivity contribution < 1.29 is 62.4 Å². The Morgan fingerprint density at radius 1 is 0.915 bits per heavy atom. The second-order valence-electron chi connectivity index (χ2n) is 16.5. The first kappa shape index (κ1) is 37.8. The standard InChI is InChI=1S/C33H58O13S/c1-16(2)22(44-30-28(39)27(38)26(37)24(15-34)45-30)7-6-17(3)19-13-21(36)29-32(19,5)11-9-25-31(4)10-8-18(35)12-20(31)23(14-33(25,29)40)46-47(41,42)43/h16-30,34-40H,6-15H2,1-5H3,(H,41,42,43). The zero-order chi connectivity index (χ0) is 34.9. The largest absolute Gasteiger partial charge is 0.397 e. The van der Waals surface area contributed by atoms with Crippen LogP contribution in [0.3, 0.4) is 0 Å². The maximum absolute atomic E-state index is 12.7. The van der Waals surface area contributed by atoms with Crippen molar-refractivity contribution in [3.8, 4) is 0 Å². The van der Waals surface area contributed by atoms with Gasteiger partial charge in [0.25, 0.3) is 0 Å². The van der Waals surface area contributed by atoms with Crippen molar-refractivity contribution in [1.29, 1.82) is 0 Å². The van der Waals surface area contributed by atoms with Gasteiger partial charge < -0.3 is 45.2 Å². The number of aliphatic hydroxyl groups is 7. The second-order valence-corrected chi connectivity index (χ2v) is 17.5. The van der Waals surface area contributed by atoms with Gasteiger partial charge in [0.05, 0.1) is 36.6 Å². The second kappa shape index (κ2) is 13.6. The number of hydrogen-bond acceptors (Lipinski definition) is 12. The fraction of sp³-hybridized carbons (Fsp3) is 1.00. The van der Waals surface area contributed by atoms with E-state index < -0.39 is 88.4 Å². The summed E-state index contributed by atoms with van der Waals surface area (Å²) in [6, 6.07) is 0. The van der Waals surface area contributed by atoms with Gasteiger partial charge in [-0.1, -0.05) is 34.6 Å². The molecule has 0 aromatic rings. The summed E-state index contributed by atoms with van der Waals surface area (Å²) < 4.78 is 50.6. The molecule has 1 saturated heterocycles. The van der Waals surface area contributed by atoms with Crippen molar-refractivity contribution in [2.45, 2.75) is 153 Å². The first-order chi connectivity index (χ1) is 21.8. The predicted molar refractivity (Wildman–Crippen MR) is 168 cm³/mol. The monoisotopic (exact) mass is 694 g/mol. The van der Waals surface area contributed by atoms with Crippen molar-refractivity contribution in [2.24, 2.45) is 46.3 Å². The topological polar surface area (TPSA) is 224 Å². The van der Waals surface area contributed by atoms with Crippen LogP contribution in [-0.2, 0) is 24.1 Å². The van der Waals surface area contributed by atoms with Gasteiger partial charge in [-0.25, -0.2) is 4.18 Å². The normalized spacial score (nSPS) is 50.0. The highest BCUT2D eigenvalue weighted by atomic mass is 32.3. The van der Waals surface area contributed by atoms with E-state index in [4.69, 9.17) is 13.7 Å². The van der Waals surface area contributed by atoms with Gasteiger partial charge in [0.2, 0.25) is 0 Å². The Hall–Kier alpha value is -0.490. The minimum Gasteiger partial charge on any atom is -0.394 e.